The van der Waals surface area contributed by atoms with Gasteiger partial charge in [-0.15, -0.1) is 0 Å². The minimum Gasteiger partial charge on any atom is -0.486 e. The summed E-state index contributed by atoms with van der Waals surface area (Å²) in [7, 11) is 0. The molecule has 0 unspecified atom stereocenters. The lowest BCUT2D eigenvalue weighted by atomic mass is 10.3. The zero-order valence-electron chi connectivity index (χ0n) is 7.62. The van der Waals surface area contributed by atoms with Crippen LogP contribution < -0.4 is 15.2 Å². The van der Waals surface area contributed by atoms with E-state index < -0.39 is 0 Å². The molecule has 0 fully saturated rings. The minimum absolute atomic E-state index is 0.481. The van der Waals surface area contributed by atoms with Crippen molar-refractivity contribution in [2.75, 3.05) is 18.9 Å². The Bertz CT molecular complexity index is 540. The summed E-state index contributed by atoms with van der Waals surface area (Å²) in [5.74, 6) is 1.37. The van der Waals surface area contributed by atoms with E-state index in [-0.39, 0.29) is 0 Å². The highest BCUT2D eigenvalue weighted by Crippen LogP contribution is 2.44. The molecule has 0 saturated carbocycles. The van der Waals surface area contributed by atoms with Crippen molar-refractivity contribution in [2.45, 2.75) is 0 Å². The fourth-order valence-electron chi connectivity index (χ4n) is 1.55. The van der Waals surface area contributed by atoms with Gasteiger partial charge in [0.05, 0.1) is 5.02 Å². The summed E-state index contributed by atoms with van der Waals surface area (Å²) >= 11 is 7.42. The highest BCUT2D eigenvalue weighted by molar-refractivity contribution is 7.22. The standard InChI is InChI=1S/C9H7ClN2O2S/c10-4-3-5-7(14-2-1-13-5)8-6(4)12-9(11)15-8/h3H,1-2H2,(H2,11,12). The molecule has 78 valence electrons. The molecule has 0 aliphatic carbocycles. The van der Waals surface area contributed by atoms with Gasteiger partial charge in [-0.1, -0.05) is 22.9 Å². The molecule has 0 amide bonds. The highest BCUT2D eigenvalue weighted by Gasteiger charge is 2.20. The van der Waals surface area contributed by atoms with Gasteiger partial charge in [0.1, 0.15) is 23.4 Å². The summed E-state index contributed by atoms with van der Waals surface area (Å²) in [6, 6.07) is 1.72. The van der Waals surface area contributed by atoms with Crippen molar-refractivity contribution >= 4 is 38.3 Å². The number of fused-ring (bicyclic) bond motifs is 3. The van der Waals surface area contributed by atoms with Crippen LogP contribution in [0.4, 0.5) is 5.13 Å². The van der Waals surface area contributed by atoms with Crippen LogP contribution in [0.15, 0.2) is 6.07 Å². The van der Waals surface area contributed by atoms with Crippen LogP contribution in [-0.4, -0.2) is 18.2 Å². The average molecular weight is 243 g/mol. The van der Waals surface area contributed by atoms with Crippen molar-refractivity contribution in [1.82, 2.24) is 4.98 Å². The number of benzene rings is 1. The first kappa shape index (κ1) is 9.06. The van der Waals surface area contributed by atoms with E-state index in [2.05, 4.69) is 4.98 Å². The second-order valence-corrected chi connectivity index (χ2v) is 4.55. The molecule has 15 heavy (non-hydrogen) atoms. The molecule has 0 radical (unpaired) electrons. The first-order valence-corrected chi connectivity index (χ1v) is 5.59. The molecule has 2 heterocycles. The molecule has 0 bridgehead atoms. The largest absolute Gasteiger partial charge is 0.486 e. The minimum atomic E-state index is 0.481. The molecular weight excluding hydrogens is 236 g/mol. The topological polar surface area (TPSA) is 57.4 Å². The van der Waals surface area contributed by atoms with E-state index in [1.54, 1.807) is 6.07 Å². The predicted octanol–water partition coefficient (Wildman–Crippen LogP) is 2.30. The van der Waals surface area contributed by atoms with Gasteiger partial charge in [-0.05, 0) is 0 Å². The van der Waals surface area contributed by atoms with E-state index >= 15 is 0 Å². The Balaban J connectivity index is 2.38. The number of hydrogen-bond acceptors (Lipinski definition) is 5. The van der Waals surface area contributed by atoms with Gasteiger partial charge in [0.2, 0.25) is 0 Å². The van der Waals surface area contributed by atoms with Crippen molar-refractivity contribution < 1.29 is 9.47 Å². The molecule has 1 aliphatic rings. The zero-order valence-corrected chi connectivity index (χ0v) is 9.19. The van der Waals surface area contributed by atoms with E-state index in [1.165, 1.54) is 11.3 Å². The van der Waals surface area contributed by atoms with Gasteiger partial charge in [-0.3, -0.25) is 0 Å². The third kappa shape index (κ3) is 1.31. The molecule has 0 atom stereocenters. The third-order valence-corrected chi connectivity index (χ3v) is 3.32. The number of thiazole rings is 1. The van der Waals surface area contributed by atoms with E-state index in [0.717, 1.165) is 4.70 Å². The van der Waals surface area contributed by atoms with Crippen molar-refractivity contribution in [3.63, 3.8) is 0 Å². The molecule has 2 N–H and O–H groups in total. The van der Waals surface area contributed by atoms with Crippen molar-refractivity contribution in [2.24, 2.45) is 0 Å². The Morgan fingerprint density at radius 3 is 3.07 bits per heavy atom. The zero-order chi connectivity index (χ0) is 10.4. The summed E-state index contributed by atoms with van der Waals surface area (Å²) in [5.41, 5.74) is 6.33. The number of nitrogens with two attached hydrogens (primary N) is 1. The number of anilines is 1. The van der Waals surface area contributed by atoms with Gasteiger partial charge in [0.15, 0.2) is 16.6 Å². The van der Waals surface area contributed by atoms with Gasteiger partial charge in [-0.2, -0.15) is 0 Å². The lowest BCUT2D eigenvalue weighted by Crippen LogP contribution is -2.15. The predicted molar refractivity (Wildman–Crippen MR) is 60.0 cm³/mol. The Morgan fingerprint density at radius 2 is 2.20 bits per heavy atom. The van der Waals surface area contributed by atoms with Crippen LogP contribution in [0.25, 0.3) is 10.2 Å². The van der Waals surface area contributed by atoms with E-state index in [9.17, 15) is 0 Å². The van der Waals surface area contributed by atoms with Crippen LogP contribution in [0.5, 0.6) is 11.5 Å². The Kier molecular flexibility index (Phi) is 1.90. The molecule has 1 aromatic heterocycles. The lowest BCUT2D eigenvalue weighted by molar-refractivity contribution is 0.174. The molecule has 1 aliphatic heterocycles. The van der Waals surface area contributed by atoms with Crippen LogP contribution in [0.2, 0.25) is 5.02 Å². The molecular formula is C9H7ClN2O2S. The number of ether oxygens (including phenoxy) is 2. The van der Waals surface area contributed by atoms with Gasteiger partial charge in [-0.25, -0.2) is 4.98 Å². The lowest BCUT2D eigenvalue weighted by Gasteiger charge is -2.18. The normalized spacial score (nSPS) is 14.5. The van der Waals surface area contributed by atoms with E-state index in [4.69, 9.17) is 26.8 Å². The van der Waals surface area contributed by atoms with Gasteiger partial charge in [0, 0.05) is 6.07 Å². The monoisotopic (exact) mass is 242 g/mol. The molecule has 0 spiro atoms. The highest BCUT2D eigenvalue weighted by atomic mass is 35.5. The quantitative estimate of drug-likeness (QED) is 0.770. The van der Waals surface area contributed by atoms with Crippen molar-refractivity contribution in [3.05, 3.63) is 11.1 Å². The Labute approximate surface area is 94.6 Å². The van der Waals surface area contributed by atoms with Crippen LogP contribution in [-0.2, 0) is 0 Å². The van der Waals surface area contributed by atoms with Crippen LogP contribution in [0.1, 0.15) is 0 Å². The summed E-state index contributed by atoms with van der Waals surface area (Å²) in [5, 5.41) is 1.02. The number of halogens is 1. The fraction of sp³-hybridized carbons (Fsp3) is 0.222. The van der Waals surface area contributed by atoms with Crippen molar-refractivity contribution in [1.29, 1.82) is 0 Å². The van der Waals surface area contributed by atoms with E-state index in [0.29, 0.717) is 40.4 Å². The van der Waals surface area contributed by atoms with Crippen LogP contribution >= 0.6 is 22.9 Å². The molecule has 1 aromatic carbocycles. The molecule has 2 aromatic rings. The average Bonchev–Trinajstić information content (AvgIpc) is 2.61. The van der Waals surface area contributed by atoms with Crippen LogP contribution in [0.3, 0.4) is 0 Å². The fourth-order valence-corrected chi connectivity index (χ4v) is 2.70. The SMILES string of the molecule is Nc1nc2c(Cl)cc3c(c2s1)OCCO3. The third-order valence-electron chi connectivity index (χ3n) is 2.15. The van der Waals surface area contributed by atoms with Gasteiger partial charge >= 0.3 is 0 Å². The molecule has 0 saturated heterocycles. The second-order valence-electron chi connectivity index (χ2n) is 3.11. The van der Waals surface area contributed by atoms with Crippen molar-refractivity contribution in [3.8, 4) is 11.5 Å². The summed E-state index contributed by atoms with van der Waals surface area (Å²) in [6.45, 7) is 1.09. The van der Waals surface area contributed by atoms with Crippen LogP contribution in [0, 0.1) is 0 Å². The Morgan fingerprint density at radius 1 is 1.40 bits per heavy atom. The summed E-state index contributed by atoms with van der Waals surface area (Å²) < 4.78 is 11.8. The van der Waals surface area contributed by atoms with Gasteiger partial charge in [0.25, 0.3) is 0 Å². The summed E-state index contributed by atoms with van der Waals surface area (Å²) in [6.07, 6.45) is 0. The number of nitrogen functional groups attached to an aromatic ring is 1. The summed E-state index contributed by atoms with van der Waals surface area (Å²) in [4.78, 5) is 4.15. The number of rotatable bonds is 0. The molecule has 4 nitrogen and oxygen atoms in total. The van der Waals surface area contributed by atoms with Gasteiger partial charge < -0.3 is 15.2 Å². The molecule has 6 heteroatoms. The maximum absolute atomic E-state index is 6.06. The second kappa shape index (κ2) is 3.15. The number of nitrogens with zero attached hydrogens (tertiary/aromatic N) is 1. The van der Waals surface area contributed by atoms with E-state index in [1.807, 2.05) is 0 Å². The maximum atomic E-state index is 6.06. The maximum Gasteiger partial charge on any atom is 0.181 e. The smallest absolute Gasteiger partial charge is 0.181 e. The Hall–Kier alpha value is -1.20. The number of hydrogen-bond donors (Lipinski definition) is 1. The first-order chi connectivity index (χ1) is 7.25. The first-order valence-electron chi connectivity index (χ1n) is 4.40. The number of aromatic nitrogens is 1. The molecule has 3 rings (SSSR count).